The molecule has 7 heteroatoms. The maximum Gasteiger partial charge on any atom is 0.214 e. The highest BCUT2D eigenvalue weighted by atomic mass is 32.2. The van der Waals surface area contributed by atoms with E-state index in [0.29, 0.717) is 19.7 Å². The first-order valence-corrected chi connectivity index (χ1v) is 7.05. The van der Waals surface area contributed by atoms with Gasteiger partial charge in [0.25, 0.3) is 0 Å². The molecule has 0 bridgehead atoms. The molecule has 0 spiro atoms. The zero-order chi connectivity index (χ0) is 12.0. The highest BCUT2D eigenvalue weighted by molar-refractivity contribution is 7.89. The van der Waals surface area contributed by atoms with Gasteiger partial charge in [-0.15, -0.1) is 0 Å². The maximum atomic E-state index is 11.6. The van der Waals surface area contributed by atoms with E-state index in [1.54, 1.807) is 7.11 Å². The standard InChI is InChI=1S/C9H20N2O4S/c1-3-15-4-5-16(12,13)11-8-6-10-7-9(8)14-2/h8-11H,3-7H2,1-2H3/t8?,9-/m0/s1. The normalized spacial score (nSPS) is 26.1. The summed E-state index contributed by atoms with van der Waals surface area (Å²) in [7, 11) is -1.69. The summed E-state index contributed by atoms with van der Waals surface area (Å²) in [5, 5.41) is 3.08. The lowest BCUT2D eigenvalue weighted by Gasteiger charge is -2.18. The van der Waals surface area contributed by atoms with Crippen molar-refractivity contribution in [2.75, 3.05) is 39.2 Å². The SMILES string of the molecule is CCOCCS(=O)(=O)NC1CNC[C@@H]1OC. The molecule has 0 aromatic heterocycles. The van der Waals surface area contributed by atoms with Crippen LogP contribution in [-0.2, 0) is 19.5 Å². The lowest BCUT2D eigenvalue weighted by Crippen LogP contribution is -2.44. The minimum atomic E-state index is -3.28. The van der Waals surface area contributed by atoms with Crippen LogP contribution in [0.1, 0.15) is 6.92 Å². The van der Waals surface area contributed by atoms with Crippen molar-refractivity contribution >= 4 is 10.0 Å². The van der Waals surface area contributed by atoms with Crippen molar-refractivity contribution in [2.24, 2.45) is 0 Å². The molecular weight excluding hydrogens is 232 g/mol. The molecule has 96 valence electrons. The van der Waals surface area contributed by atoms with Gasteiger partial charge in [-0.05, 0) is 6.92 Å². The molecule has 1 aliphatic rings. The predicted molar refractivity (Wildman–Crippen MR) is 60.9 cm³/mol. The van der Waals surface area contributed by atoms with Crippen LogP contribution in [0.5, 0.6) is 0 Å². The van der Waals surface area contributed by atoms with E-state index in [1.165, 1.54) is 0 Å². The third kappa shape index (κ3) is 4.34. The van der Waals surface area contributed by atoms with Crippen LogP contribution in [0.2, 0.25) is 0 Å². The van der Waals surface area contributed by atoms with Crippen molar-refractivity contribution in [2.45, 2.75) is 19.1 Å². The average Bonchev–Trinajstić information content (AvgIpc) is 2.64. The Balaban J connectivity index is 2.39. The predicted octanol–water partition coefficient (Wildman–Crippen LogP) is -1.07. The van der Waals surface area contributed by atoms with E-state index in [-0.39, 0.29) is 24.5 Å². The molecule has 1 rings (SSSR count). The first kappa shape index (κ1) is 13.9. The number of sulfonamides is 1. The average molecular weight is 252 g/mol. The van der Waals surface area contributed by atoms with Crippen LogP contribution >= 0.6 is 0 Å². The minimum Gasteiger partial charge on any atom is -0.381 e. The quantitative estimate of drug-likeness (QED) is 0.564. The Kier molecular flexibility index (Phi) is 5.63. The van der Waals surface area contributed by atoms with Crippen molar-refractivity contribution in [1.29, 1.82) is 0 Å². The van der Waals surface area contributed by atoms with E-state index in [9.17, 15) is 8.42 Å². The van der Waals surface area contributed by atoms with Crippen LogP contribution in [0.4, 0.5) is 0 Å². The van der Waals surface area contributed by atoms with Crippen LogP contribution in [0.15, 0.2) is 0 Å². The van der Waals surface area contributed by atoms with Gasteiger partial charge in [0.2, 0.25) is 10.0 Å². The maximum absolute atomic E-state index is 11.6. The van der Waals surface area contributed by atoms with Crippen molar-refractivity contribution in [3.63, 3.8) is 0 Å². The second-order valence-electron chi connectivity index (χ2n) is 3.67. The van der Waals surface area contributed by atoms with Gasteiger partial charge in [0, 0.05) is 26.8 Å². The Labute approximate surface area is 96.7 Å². The smallest absolute Gasteiger partial charge is 0.214 e. The molecule has 1 aliphatic heterocycles. The third-order valence-electron chi connectivity index (χ3n) is 2.49. The molecule has 16 heavy (non-hydrogen) atoms. The lowest BCUT2D eigenvalue weighted by atomic mass is 10.2. The van der Waals surface area contributed by atoms with E-state index in [1.807, 2.05) is 6.92 Å². The summed E-state index contributed by atoms with van der Waals surface area (Å²) in [6, 6.07) is -0.184. The molecule has 0 amide bonds. The second-order valence-corrected chi connectivity index (χ2v) is 5.55. The summed E-state index contributed by atoms with van der Waals surface area (Å²) >= 11 is 0. The van der Waals surface area contributed by atoms with E-state index < -0.39 is 10.0 Å². The topological polar surface area (TPSA) is 76.7 Å². The van der Waals surface area contributed by atoms with Gasteiger partial charge in [0.15, 0.2) is 0 Å². The van der Waals surface area contributed by atoms with E-state index in [0.717, 1.165) is 0 Å². The molecule has 1 saturated heterocycles. The Morgan fingerprint density at radius 3 is 2.81 bits per heavy atom. The van der Waals surface area contributed by atoms with Crippen LogP contribution < -0.4 is 10.0 Å². The fourth-order valence-corrected chi connectivity index (χ4v) is 2.77. The largest absolute Gasteiger partial charge is 0.381 e. The molecule has 2 atom stereocenters. The number of rotatable bonds is 7. The summed E-state index contributed by atoms with van der Waals surface area (Å²) in [5.74, 6) is -0.00618. The van der Waals surface area contributed by atoms with Crippen LogP contribution in [0.3, 0.4) is 0 Å². The Morgan fingerprint density at radius 2 is 2.19 bits per heavy atom. The third-order valence-corrected chi connectivity index (χ3v) is 3.86. The number of hydrogen-bond acceptors (Lipinski definition) is 5. The monoisotopic (exact) mass is 252 g/mol. The fourth-order valence-electron chi connectivity index (χ4n) is 1.62. The molecular formula is C9H20N2O4S. The molecule has 0 aromatic rings. The molecule has 0 aromatic carbocycles. The first-order valence-electron chi connectivity index (χ1n) is 5.40. The van der Waals surface area contributed by atoms with E-state index in [2.05, 4.69) is 10.0 Å². The van der Waals surface area contributed by atoms with Crippen LogP contribution in [0, 0.1) is 0 Å². The molecule has 2 N–H and O–H groups in total. The van der Waals surface area contributed by atoms with Crippen molar-refractivity contribution < 1.29 is 17.9 Å². The molecule has 1 heterocycles. The molecule has 0 aliphatic carbocycles. The molecule has 0 radical (unpaired) electrons. The summed E-state index contributed by atoms with van der Waals surface area (Å²) < 4.78 is 36.1. The van der Waals surface area contributed by atoms with Gasteiger partial charge >= 0.3 is 0 Å². The van der Waals surface area contributed by atoms with Crippen LogP contribution in [0.25, 0.3) is 0 Å². The van der Waals surface area contributed by atoms with Gasteiger partial charge in [-0.3, -0.25) is 0 Å². The van der Waals surface area contributed by atoms with Crippen LogP contribution in [-0.4, -0.2) is 59.7 Å². The molecule has 1 unspecified atom stereocenters. The lowest BCUT2D eigenvalue weighted by molar-refractivity contribution is 0.102. The molecule has 6 nitrogen and oxygen atoms in total. The Bertz CT molecular complexity index is 294. The van der Waals surface area contributed by atoms with Crippen molar-refractivity contribution in [1.82, 2.24) is 10.0 Å². The minimum absolute atomic E-state index is 0.00618. The van der Waals surface area contributed by atoms with Gasteiger partial charge < -0.3 is 14.8 Å². The highest BCUT2D eigenvalue weighted by Gasteiger charge is 2.30. The zero-order valence-electron chi connectivity index (χ0n) is 9.73. The van der Waals surface area contributed by atoms with Gasteiger partial charge in [-0.1, -0.05) is 0 Å². The van der Waals surface area contributed by atoms with E-state index >= 15 is 0 Å². The zero-order valence-corrected chi connectivity index (χ0v) is 10.5. The summed E-state index contributed by atoms with van der Waals surface area (Å²) in [4.78, 5) is 0. The number of methoxy groups -OCH3 is 1. The van der Waals surface area contributed by atoms with Gasteiger partial charge in [-0.25, -0.2) is 13.1 Å². The summed E-state index contributed by atoms with van der Waals surface area (Å²) in [6.07, 6.45) is -0.0955. The number of ether oxygens (including phenoxy) is 2. The fraction of sp³-hybridized carbons (Fsp3) is 1.00. The Hall–Kier alpha value is -0.210. The highest BCUT2D eigenvalue weighted by Crippen LogP contribution is 2.05. The molecule has 1 fully saturated rings. The van der Waals surface area contributed by atoms with Crippen molar-refractivity contribution in [3.05, 3.63) is 0 Å². The number of hydrogen-bond donors (Lipinski definition) is 2. The summed E-state index contributed by atoms with van der Waals surface area (Å²) in [6.45, 7) is 3.87. The molecule has 0 saturated carbocycles. The van der Waals surface area contributed by atoms with Gasteiger partial charge in [0.1, 0.15) is 0 Å². The summed E-state index contributed by atoms with van der Waals surface area (Å²) in [5.41, 5.74) is 0. The second kappa shape index (κ2) is 6.51. The van der Waals surface area contributed by atoms with Gasteiger partial charge in [0.05, 0.1) is 24.5 Å². The van der Waals surface area contributed by atoms with E-state index in [4.69, 9.17) is 9.47 Å². The van der Waals surface area contributed by atoms with Crippen molar-refractivity contribution in [3.8, 4) is 0 Å². The Morgan fingerprint density at radius 1 is 1.44 bits per heavy atom. The first-order chi connectivity index (χ1) is 7.59. The number of nitrogens with one attached hydrogen (secondary N) is 2. The van der Waals surface area contributed by atoms with Gasteiger partial charge in [-0.2, -0.15) is 0 Å².